The summed E-state index contributed by atoms with van der Waals surface area (Å²) >= 11 is 0. The number of nitrogens with one attached hydrogen (secondary N) is 1. The molecule has 1 radical (unpaired) electrons. The number of hydrogen-bond donors (Lipinski definition) is 1. The molecule has 1 atom stereocenters. The van der Waals surface area contributed by atoms with Crippen molar-refractivity contribution in [3.05, 3.63) is 5.32 Å². The number of rotatable bonds is 7. The van der Waals surface area contributed by atoms with Gasteiger partial charge in [0.15, 0.2) is 0 Å². The molecule has 0 aliphatic heterocycles. The Hall–Kier alpha value is 0.984. The van der Waals surface area contributed by atoms with Crippen LogP contribution in [0.25, 0.3) is 5.32 Å². The van der Waals surface area contributed by atoms with E-state index in [4.69, 9.17) is 0 Å². The maximum atomic E-state index is 4.10. The Balaban J connectivity index is -0.000000152. The van der Waals surface area contributed by atoms with Crippen molar-refractivity contribution >= 4 is 0 Å². The minimum absolute atomic E-state index is 0. The molecule has 0 spiro atoms. The Morgan fingerprint density at radius 2 is 1.65 bits per heavy atom. The fourth-order valence-corrected chi connectivity index (χ4v) is 1.04. The minimum Gasteiger partial charge on any atom is -0.665 e. The molecule has 0 rings (SSSR count). The largest absolute Gasteiger partial charge is 0.665 e. The van der Waals surface area contributed by atoms with Gasteiger partial charge < -0.3 is 15.5 Å². The van der Waals surface area contributed by atoms with Crippen LogP contribution in [0, 0.1) is 0 Å². The predicted octanol–water partition coefficient (Wildman–Crippen LogP) is 2.97. The van der Waals surface area contributed by atoms with E-state index in [1.165, 1.54) is 0 Å². The number of hydrogen-bond acceptors (Lipinski definition) is 2. The summed E-state index contributed by atoms with van der Waals surface area (Å²) in [6, 6.07) is 0.641. The van der Waals surface area contributed by atoms with Crippen LogP contribution in [0.1, 0.15) is 41.0 Å². The standard InChI is InChI=1S/C9H22N3.2C2H6.Y/c1-9(5-6-10-2)12(4)8-7-11-3;2*1-2;/h9,11H,5-8H2,1-4H3;2*1-2H3;/q-1;;;. The van der Waals surface area contributed by atoms with E-state index in [1.54, 1.807) is 0 Å². The topological polar surface area (TPSA) is 29.4 Å². The Kier molecular flexibility index (Phi) is 40.2. The zero-order valence-electron chi connectivity index (χ0n) is 13.4. The third-order valence-corrected chi connectivity index (χ3v) is 2.24. The van der Waals surface area contributed by atoms with Gasteiger partial charge in [-0.2, -0.15) is 7.05 Å². The fourth-order valence-electron chi connectivity index (χ4n) is 1.04. The molecule has 105 valence electrons. The molecule has 0 aromatic carbocycles. The molecule has 0 aromatic heterocycles. The Morgan fingerprint density at radius 1 is 1.18 bits per heavy atom. The molecule has 0 aliphatic carbocycles. The molecule has 3 nitrogen and oxygen atoms in total. The second-order valence-corrected chi connectivity index (χ2v) is 3.26. The Bertz CT molecular complexity index is 90.7. The first-order valence-electron chi connectivity index (χ1n) is 6.62. The van der Waals surface area contributed by atoms with Crippen LogP contribution in [0.4, 0.5) is 0 Å². The van der Waals surface area contributed by atoms with Crippen molar-refractivity contribution in [1.29, 1.82) is 0 Å². The van der Waals surface area contributed by atoms with Crippen molar-refractivity contribution in [2.24, 2.45) is 0 Å². The van der Waals surface area contributed by atoms with E-state index in [-0.39, 0.29) is 32.7 Å². The molecule has 17 heavy (non-hydrogen) atoms. The average Bonchev–Trinajstić information content (AvgIpc) is 2.37. The van der Waals surface area contributed by atoms with Crippen LogP contribution in [0.15, 0.2) is 0 Å². The van der Waals surface area contributed by atoms with Crippen LogP contribution in [0.3, 0.4) is 0 Å². The monoisotopic (exact) mass is 321 g/mol. The molecule has 0 heterocycles. The molecule has 4 heteroatoms. The number of nitrogens with zero attached hydrogens (tertiary/aromatic N) is 2. The van der Waals surface area contributed by atoms with E-state index < -0.39 is 0 Å². The van der Waals surface area contributed by atoms with Crippen molar-refractivity contribution in [3.8, 4) is 0 Å². The summed E-state index contributed by atoms with van der Waals surface area (Å²) in [6.45, 7) is 13.4. The van der Waals surface area contributed by atoms with E-state index in [0.717, 1.165) is 26.1 Å². The van der Waals surface area contributed by atoms with Gasteiger partial charge in [-0.05, 0) is 21.0 Å². The summed E-state index contributed by atoms with van der Waals surface area (Å²) in [6.07, 6.45) is 1.16. The van der Waals surface area contributed by atoms with E-state index >= 15 is 0 Å². The maximum Gasteiger partial charge on any atom is 0.0106 e. The summed E-state index contributed by atoms with van der Waals surface area (Å²) in [5.41, 5.74) is 0. The first-order valence-corrected chi connectivity index (χ1v) is 6.62. The van der Waals surface area contributed by atoms with Gasteiger partial charge in [0.25, 0.3) is 0 Å². The minimum atomic E-state index is 0. The average molecular weight is 321 g/mol. The summed E-state index contributed by atoms with van der Waals surface area (Å²) in [7, 11) is 6.03. The molecule has 0 saturated heterocycles. The first-order chi connectivity index (χ1) is 7.72. The summed E-state index contributed by atoms with van der Waals surface area (Å²) in [4.78, 5) is 2.36. The van der Waals surface area contributed by atoms with E-state index in [2.05, 4.69) is 29.5 Å². The molecule has 1 unspecified atom stereocenters. The third kappa shape index (κ3) is 22.6. The molecule has 0 saturated carbocycles. The van der Waals surface area contributed by atoms with E-state index in [1.807, 2.05) is 41.8 Å². The molecular formula is C13H34N3Y-. The van der Waals surface area contributed by atoms with Crippen LogP contribution in [-0.4, -0.2) is 51.7 Å². The summed E-state index contributed by atoms with van der Waals surface area (Å²) in [5.74, 6) is 0. The van der Waals surface area contributed by atoms with Crippen molar-refractivity contribution in [3.63, 3.8) is 0 Å². The van der Waals surface area contributed by atoms with Gasteiger partial charge in [-0.15, -0.1) is 6.54 Å². The fraction of sp³-hybridized carbons (Fsp3) is 1.00. The van der Waals surface area contributed by atoms with Gasteiger partial charge in [0, 0.05) is 51.8 Å². The van der Waals surface area contributed by atoms with Crippen molar-refractivity contribution in [2.45, 2.75) is 47.1 Å². The summed E-state index contributed by atoms with van der Waals surface area (Å²) in [5, 5.41) is 7.24. The van der Waals surface area contributed by atoms with Gasteiger partial charge in [-0.1, -0.05) is 34.1 Å². The Morgan fingerprint density at radius 3 is 2.00 bits per heavy atom. The molecule has 0 bridgehead atoms. The van der Waals surface area contributed by atoms with Gasteiger partial charge in [0.2, 0.25) is 0 Å². The van der Waals surface area contributed by atoms with Crippen LogP contribution in [0.5, 0.6) is 0 Å². The zero-order chi connectivity index (χ0) is 13.4. The summed E-state index contributed by atoms with van der Waals surface area (Å²) < 4.78 is 0. The zero-order valence-corrected chi connectivity index (χ0v) is 16.2. The van der Waals surface area contributed by atoms with Crippen molar-refractivity contribution in [2.75, 3.05) is 40.8 Å². The molecule has 1 N–H and O–H groups in total. The molecule has 0 aliphatic rings. The van der Waals surface area contributed by atoms with Crippen LogP contribution < -0.4 is 5.32 Å². The van der Waals surface area contributed by atoms with Crippen molar-refractivity contribution in [1.82, 2.24) is 10.2 Å². The first kappa shape index (κ1) is 26.5. The second kappa shape index (κ2) is 25.7. The van der Waals surface area contributed by atoms with Gasteiger partial charge in [-0.3, -0.25) is 0 Å². The van der Waals surface area contributed by atoms with Crippen LogP contribution in [-0.2, 0) is 32.7 Å². The number of likely N-dealkylation sites (N-methyl/N-ethyl adjacent to an activating group) is 2. The van der Waals surface area contributed by atoms with Gasteiger partial charge in [-0.25, -0.2) is 0 Å². The molecule has 0 amide bonds. The normalized spacial score (nSPS) is 10.4. The van der Waals surface area contributed by atoms with Crippen molar-refractivity contribution < 1.29 is 32.7 Å². The van der Waals surface area contributed by atoms with Gasteiger partial charge in [0.05, 0.1) is 0 Å². The third-order valence-electron chi connectivity index (χ3n) is 2.24. The molecule has 0 fully saturated rings. The van der Waals surface area contributed by atoms with E-state index in [0.29, 0.717) is 6.04 Å². The van der Waals surface area contributed by atoms with Crippen LogP contribution >= 0.6 is 0 Å². The van der Waals surface area contributed by atoms with Gasteiger partial charge in [0.1, 0.15) is 0 Å². The quantitative estimate of drug-likeness (QED) is 0.781. The predicted molar refractivity (Wildman–Crippen MR) is 77.5 cm³/mol. The smallest absolute Gasteiger partial charge is 0.0106 e. The maximum absolute atomic E-state index is 4.10. The van der Waals surface area contributed by atoms with Gasteiger partial charge >= 0.3 is 0 Å². The molecular weight excluding hydrogens is 287 g/mol. The van der Waals surface area contributed by atoms with E-state index in [9.17, 15) is 0 Å². The SMILES string of the molecule is CC.CC.C[N-]CCC(C)N(C)CCNC.[Y]. The van der Waals surface area contributed by atoms with Crippen LogP contribution in [0.2, 0.25) is 0 Å². The molecule has 0 aromatic rings. The Labute approximate surface area is 135 Å². The second-order valence-electron chi connectivity index (χ2n) is 3.26.